The molecule has 2 aliphatic heterocycles. The summed E-state index contributed by atoms with van der Waals surface area (Å²) in [6.45, 7) is 6.57. The lowest BCUT2D eigenvalue weighted by atomic mass is 9.81. The molecular weight excluding hydrogens is 408 g/mol. The van der Waals surface area contributed by atoms with Crippen LogP contribution in [0.3, 0.4) is 0 Å². The number of nitrogens with zero attached hydrogens (tertiary/aromatic N) is 2. The molecule has 174 valence electrons. The molecule has 0 spiro atoms. The molecule has 3 heterocycles. The van der Waals surface area contributed by atoms with Crippen molar-refractivity contribution in [3.63, 3.8) is 0 Å². The van der Waals surface area contributed by atoms with Gasteiger partial charge in [-0.1, -0.05) is 17.3 Å². The fraction of sp³-hybridized carbons (Fsp3) is 0.583. The van der Waals surface area contributed by atoms with E-state index in [1.54, 1.807) is 7.11 Å². The Labute approximate surface area is 189 Å². The number of aromatic nitrogens is 1. The topological polar surface area (TPSA) is 88.9 Å². The maximum atomic E-state index is 12.6. The van der Waals surface area contributed by atoms with Gasteiger partial charge < -0.3 is 24.6 Å². The smallest absolute Gasteiger partial charge is 0.220 e. The predicted octanol–water partition coefficient (Wildman–Crippen LogP) is 1.99. The number of carbonyl (C=O) groups is 1. The highest BCUT2D eigenvalue weighted by Crippen LogP contribution is 2.26. The third-order valence-corrected chi connectivity index (χ3v) is 6.42. The predicted molar refractivity (Wildman–Crippen MR) is 120 cm³/mol. The number of amides is 1. The van der Waals surface area contributed by atoms with Gasteiger partial charge >= 0.3 is 0 Å². The van der Waals surface area contributed by atoms with E-state index >= 15 is 0 Å². The summed E-state index contributed by atoms with van der Waals surface area (Å²) in [5.41, 5.74) is 2.04. The molecule has 8 heteroatoms. The highest BCUT2D eigenvalue weighted by Gasteiger charge is 2.28. The fourth-order valence-corrected chi connectivity index (χ4v) is 4.51. The second-order valence-electron chi connectivity index (χ2n) is 8.72. The van der Waals surface area contributed by atoms with Gasteiger partial charge in [0.15, 0.2) is 5.76 Å². The molecule has 2 atom stereocenters. The molecule has 0 unspecified atom stereocenters. The maximum Gasteiger partial charge on any atom is 0.220 e. The van der Waals surface area contributed by atoms with Crippen molar-refractivity contribution in [3.8, 4) is 5.75 Å². The summed E-state index contributed by atoms with van der Waals surface area (Å²) in [6, 6.07) is 9.85. The van der Waals surface area contributed by atoms with Crippen molar-refractivity contribution < 1.29 is 18.8 Å². The van der Waals surface area contributed by atoms with Crippen LogP contribution in [-0.2, 0) is 29.0 Å². The van der Waals surface area contributed by atoms with Crippen molar-refractivity contribution in [2.45, 2.75) is 32.4 Å². The second kappa shape index (κ2) is 11.4. The van der Waals surface area contributed by atoms with Gasteiger partial charge in [-0.3, -0.25) is 9.69 Å². The highest BCUT2D eigenvalue weighted by atomic mass is 16.5. The summed E-state index contributed by atoms with van der Waals surface area (Å²) in [7, 11) is 1.65. The Balaban J connectivity index is 1.26. The van der Waals surface area contributed by atoms with E-state index < -0.39 is 0 Å². The number of hydrogen-bond donors (Lipinski definition) is 2. The molecule has 2 saturated heterocycles. The second-order valence-corrected chi connectivity index (χ2v) is 8.72. The van der Waals surface area contributed by atoms with E-state index in [0.29, 0.717) is 24.8 Å². The normalized spacial score (nSPS) is 21.9. The van der Waals surface area contributed by atoms with Gasteiger partial charge in [0, 0.05) is 32.1 Å². The van der Waals surface area contributed by atoms with E-state index in [1.807, 2.05) is 24.3 Å². The van der Waals surface area contributed by atoms with E-state index in [1.165, 1.54) is 0 Å². The van der Waals surface area contributed by atoms with E-state index in [9.17, 15) is 4.79 Å². The number of benzene rings is 1. The van der Waals surface area contributed by atoms with Gasteiger partial charge in [-0.25, -0.2) is 0 Å². The quantitative estimate of drug-likeness (QED) is 0.614. The first-order valence-corrected chi connectivity index (χ1v) is 11.5. The number of carbonyl (C=O) groups excluding carboxylic acids is 1. The van der Waals surface area contributed by atoms with Crippen LogP contribution in [0.4, 0.5) is 0 Å². The molecule has 1 aromatic carbocycles. The van der Waals surface area contributed by atoms with Gasteiger partial charge in [-0.15, -0.1) is 0 Å². The summed E-state index contributed by atoms with van der Waals surface area (Å²) in [5.74, 6) is 2.53. The van der Waals surface area contributed by atoms with Gasteiger partial charge in [0.25, 0.3) is 0 Å². The summed E-state index contributed by atoms with van der Waals surface area (Å²) in [5, 5.41) is 10.9. The molecule has 8 nitrogen and oxygen atoms in total. The Bertz CT molecular complexity index is 848. The van der Waals surface area contributed by atoms with Gasteiger partial charge in [0.1, 0.15) is 5.75 Å². The van der Waals surface area contributed by atoms with Crippen molar-refractivity contribution >= 4 is 5.91 Å². The Morgan fingerprint density at radius 3 is 2.84 bits per heavy atom. The fourth-order valence-electron chi connectivity index (χ4n) is 4.51. The first kappa shape index (κ1) is 22.8. The molecule has 2 aliphatic rings. The Morgan fingerprint density at radius 2 is 2.06 bits per heavy atom. The zero-order chi connectivity index (χ0) is 22.2. The molecule has 0 bridgehead atoms. The third kappa shape index (κ3) is 6.54. The van der Waals surface area contributed by atoms with Crippen molar-refractivity contribution in [3.05, 3.63) is 47.3 Å². The number of methoxy groups -OCH3 is 1. The largest absolute Gasteiger partial charge is 0.497 e. The summed E-state index contributed by atoms with van der Waals surface area (Å²) in [4.78, 5) is 15.0. The first-order chi connectivity index (χ1) is 15.7. The molecule has 1 aromatic heterocycles. The van der Waals surface area contributed by atoms with Gasteiger partial charge in [0.2, 0.25) is 5.91 Å². The van der Waals surface area contributed by atoms with Crippen LogP contribution in [0.1, 0.15) is 29.9 Å². The Hall–Kier alpha value is -2.42. The molecule has 2 N–H and O–H groups in total. The van der Waals surface area contributed by atoms with E-state index in [0.717, 1.165) is 81.5 Å². The van der Waals surface area contributed by atoms with Crippen LogP contribution >= 0.6 is 0 Å². The van der Waals surface area contributed by atoms with Crippen LogP contribution in [0.5, 0.6) is 5.75 Å². The van der Waals surface area contributed by atoms with E-state index in [4.69, 9.17) is 14.0 Å². The van der Waals surface area contributed by atoms with E-state index in [-0.39, 0.29) is 5.91 Å². The molecule has 32 heavy (non-hydrogen) atoms. The minimum absolute atomic E-state index is 0.103. The molecule has 0 saturated carbocycles. The number of ether oxygens (including phenoxy) is 2. The number of piperidine rings is 1. The lowest BCUT2D eigenvalue weighted by Gasteiger charge is -2.31. The van der Waals surface area contributed by atoms with Crippen LogP contribution < -0.4 is 15.4 Å². The van der Waals surface area contributed by atoms with Crippen LogP contribution in [-0.4, -0.2) is 62.5 Å². The van der Waals surface area contributed by atoms with Crippen LogP contribution in [0.2, 0.25) is 0 Å². The van der Waals surface area contributed by atoms with Crippen molar-refractivity contribution in [1.82, 2.24) is 20.7 Å². The zero-order valence-corrected chi connectivity index (χ0v) is 18.8. The van der Waals surface area contributed by atoms with Crippen LogP contribution in [0.15, 0.2) is 34.9 Å². The molecular formula is C24H34N4O4. The summed E-state index contributed by atoms with van der Waals surface area (Å²) >= 11 is 0. The monoisotopic (exact) mass is 442 g/mol. The standard InChI is InChI=1S/C24H34N4O4/c1-30-22-4-2-18(3-5-22)15-26-24(29)13-19-6-7-25-16-20(19)12-21-14-23(32-27-21)17-28-8-10-31-11-9-28/h2-5,14,19-20,25H,6-13,15-17H2,1H3,(H,26,29)/t19-,20+/m1/s1. The Morgan fingerprint density at radius 1 is 1.25 bits per heavy atom. The number of rotatable bonds is 9. The average Bonchev–Trinajstić information content (AvgIpc) is 3.26. The molecule has 0 aliphatic carbocycles. The molecule has 2 fully saturated rings. The van der Waals surface area contributed by atoms with Crippen molar-refractivity contribution in [2.24, 2.45) is 11.8 Å². The third-order valence-electron chi connectivity index (χ3n) is 6.42. The lowest BCUT2D eigenvalue weighted by molar-refractivity contribution is -0.122. The van der Waals surface area contributed by atoms with Crippen LogP contribution in [0.25, 0.3) is 0 Å². The minimum atomic E-state index is 0.103. The SMILES string of the molecule is COc1ccc(CNC(=O)C[C@H]2CCNC[C@@H]2Cc2cc(CN3CCOCC3)on2)cc1. The van der Waals surface area contributed by atoms with Crippen LogP contribution in [0, 0.1) is 11.8 Å². The van der Waals surface area contributed by atoms with E-state index in [2.05, 4.69) is 26.8 Å². The van der Waals surface area contributed by atoms with Gasteiger partial charge in [-0.2, -0.15) is 0 Å². The maximum absolute atomic E-state index is 12.6. The Kier molecular flexibility index (Phi) is 8.14. The van der Waals surface area contributed by atoms with Gasteiger partial charge in [-0.05, 0) is 55.5 Å². The highest BCUT2D eigenvalue weighted by molar-refractivity contribution is 5.76. The number of morpholine rings is 1. The summed E-state index contributed by atoms with van der Waals surface area (Å²) < 4.78 is 16.2. The molecule has 4 rings (SSSR count). The van der Waals surface area contributed by atoms with Crippen molar-refractivity contribution in [1.29, 1.82) is 0 Å². The molecule has 0 radical (unpaired) electrons. The summed E-state index contributed by atoms with van der Waals surface area (Å²) in [6.07, 6.45) is 2.37. The molecule has 1 amide bonds. The lowest BCUT2D eigenvalue weighted by Crippen LogP contribution is -2.40. The number of hydrogen-bond acceptors (Lipinski definition) is 7. The van der Waals surface area contributed by atoms with Crippen molar-refractivity contribution in [2.75, 3.05) is 46.5 Å². The molecule has 2 aromatic rings. The first-order valence-electron chi connectivity index (χ1n) is 11.5. The minimum Gasteiger partial charge on any atom is -0.497 e. The van der Waals surface area contributed by atoms with Gasteiger partial charge in [0.05, 0.1) is 32.6 Å². The average molecular weight is 443 g/mol. The zero-order valence-electron chi connectivity index (χ0n) is 18.8. The number of nitrogens with one attached hydrogen (secondary N) is 2.